The van der Waals surface area contributed by atoms with E-state index in [2.05, 4.69) is 20.4 Å². The first kappa shape index (κ1) is 16.7. The van der Waals surface area contributed by atoms with E-state index in [1.807, 2.05) is 0 Å². The van der Waals surface area contributed by atoms with E-state index in [-0.39, 0.29) is 5.82 Å². The standard InChI is InChI=1S/C13H14F3N5O2/c1-12(2,3)23-11(22)20-8-6-19-21(10(8)13(14,15)16)9-4-5-17-7-18-9/h4-7H,1-3H3,(H,20,22). The van der Waals surface area contributed by atoms with E-state index in [9.17, 15) is 18.0 Å². The van der Waals surface area contributed by atoms with Gasteiger partial charge in [-0.2, -0.15) is 18.3 Å². The molecule has 23 heavy (non-hydrogen) atoms. The Morgan fingerprint density at radius 3 is 2.52 bits per heavy atom. The first-order valence-corrected chi connectivity index (χ1v) is 6.49. The largest absolute Gasteiger partial charge is 0.444 e. The van der Waals surface area contributed by atoms with Gasteiger partial charge in [-0.25, -0.2) is 19.4 Å². The highest BCUT2D eigenvalue weighted by molar-refractivity contribution is 5.85. The quantitative estimate of drug-likeness (QED) is 0.916. The lowest BCUT2D eigenvalue weighted by atomic mass is 10.2. The van der Waals surface area contributed by atoms with Gasteiger partial charge < -0.3 is 4.74 Å². The first-order chi connectivity index (χ1) is 10.6. The molecular formula is C13H14F3N5O2. The van der Waals surface area contributed by atoms with Gasteiger partial charge in [0.2, 0.25) is 0 Å². The number of carbonyl (C=O) groups excluding carboxylic acids is 1. The molecule has 2 rings (SSSR count). The van der Waals surface area contributed by atoms with Crippen LogP contribution in [0.4, 0.5) is 23.7 Å². The van der Waals surface area contributed by atoms with Gasteiger partial charge in [-0.3, -0.25) is 5.32 Å². The summed E-state index contributed by atoms with van der Waals surface area (Å²) in [5.41, 5.74) is -2.53. The summed E-state index contributed by atoms with van der Waals surface area (Å²) in [6.45, 7) is 4.80. The predicted molar refractivity (Wildman–Crippen MR) is 74.0 cm³/mol. The van der Waals surface area contributed by atoms with Crippen molar-refractivity contribution in [2.75, 3.05) is 5.32 Å². The Balaban J connectivity index is 2.38. The molecule has 0 saturated carbocycles. The van der Waals surface area contributed by atoms with Crippen LogP contribution in [0.1, 0.15) is 26.5 Å². The fraction of sp³-hybridized carbons (Fsp3) is 0.385. The summed E-state index contributed by atoms with van der Waals surface area (Å²) in [6.07, 6.45) is -2.51. The van der Waals surface area contributed by atoms with Gasteiger partial charge in [0.25, 0.3) is 0 Å². The minimum atomic E-state index is -4.76. The van der Waals surface area contributed by atoms with E-state index < -0.39 is 29.3 Å². The Morgan fingerprint density at radius 1 is 1.30 bits per heavy atom. The predicted octanol–water partition coefficient (Wildman–Crippen LogP) is 3.03. The molecule has 7 nitrogen and oxygen atoms in total. The Bertz CT molecular complexity index is 692. The molecule has 10 heteroatoms. The molecule has 0 aliphatic heterocycles. The lowest BCUT2D eigenvalue weighted by Gasteiger charge is -2.20. The molecule has 0 atom stereocenters. The summed E-state index contributed by atoms with van der Waals surface area (Å²) in [5, 5.41) is 5.69. The number of hydrogen-bond donors (Lipinski definition) is 1. The van der Waals surface area contributed by atoms with E-state index in [4.69, 9.17) is 4.74 Å². The normalized spacial score (nSPS) is 12.1. The van der Waals surface area contributed by atoms with Crippen LogP contribution in [0, 0.1) is 0 Å². The summed E-state index contributed by atoms with van der Waals surface area (Å²) in [7, 11) is 0. The van der Waals surface area contributed by atoms with Crippen molar-refractivity contribution in [3.05, 3.63) is 30.5 Å². The minimum Gasteiger partial charge on any atom is -0.444 e. The average Bonchev–Trinajstić information content (AvgIpc) is 2.81. The molecule has 0 aliphatic carbocycles. The van der Waals surface area contributed by atoms with Crippen LogP contribution in [0.15, 0.2) is 24.8 Å². The van der Waals surface area contributed by atoms with Gasteiger partial charge in [0.05, 0.1) is 11.9 Å². The highest BCUT2D eigenvalue weighted by atomic mass is 19.4. The van der Waals surface area contributed by atoms with Crippen LogP contribution in [-0.4, -0.2) is 31.4 Å². The molecule has 0 spiro atoms. The first-order valence-electron chi connectivity index (χ1n) is 6.49. The van der Waals surface area contributed by atoms with Gasteiger partial charge in [0.1, 0.15) is 11.9 Å². The summed E-state index contributed by atoms with van der Waals surface area (Å²) >= 11 is 0. The van der Waals surface area contributed by atoms with Gasteiger partial charge >= 0.3 is 12.3 Å². The number of carbonyl (C=O) groups is 1. The maximum atomic E-state index is 13.3. The Kier molecular flexibility index (Phi) is 4.26. The van der Waals surface area contributed by atoms with Crippen molar-refractivity contribution in [3.63, 3.8) is 0 Å². The molecule has 1 amide bonds. The fourth-order valence-electron chi connectivity index (χ4n) is 1.71. The Morgan fingerprint density at radius 2 is 2.00 bits per heavy atom. The van der Waals surface area contributed by atoms with Gasteiger partial charge in [-0.1, -0.05) is 0 Å². The molecule has 0 aliphatic rings. The van der Waals surface area contributed by atoms with Crippen molar-refractivity contribution in [1.82, 2.24) is 19.7 Å². The smallest absolute Gasteiger partial charge is 0.435 e. The van der Waals surface area contributed by atoms with Crippen LogP contribution in [0.3, 0.4) is 0 Å². The third-order valence-corrected chi connectivity index (χ3v) is 2.46. The maximum absolute atomic E-state index is 13.3. The molecule has 0 fully saturated rings. The summed E-state index contributed by atoms with van der Waals surface area (Å²) in [5.74, 6) is -0.0791. The fourth-order valence-corrected chi connectivity index (χ4v) is 1.71. The van der Waals surface area contributed by atoms with E-state index in [1.165, 1.54) is 12.3 Å². The zero-order chi connectivity index (χ0) is 17.3. The number of amides is 1. The molecule has 0 unspecified atom stereocenters. The van der Waals surface area contributed by atoms with Gasteiger partial charge in [0, 0.05) is 12.3 Å². The Hall–Kier alpha value is -2.65. The van der Waals surface area contributed by atoms with Crippen molar-refractivity contribution in [2.24, 2.45) is 0 Å². The van der Waals surface area contributed by atoms with Crippen molar-refractivity contribution in [1.29, 1.82) is 0 Å². The molecule has 0 aromatic carbocycles. The molecular weight excluding hydrogens is 315 g/mol. The van der Waals surface area contributed by atoms with Crippen LogP contribution >= 0.6 is 0 Å². The molecule has 2 aromatic heterocycles. The number of nitrogens with one attached hydrogen (secondary N) is 1. The van der Waals surface area contributed by atoms with Crippen molar-refractivity contribution < 1.29 is 22.7 Å². The van der Waals surface area contributed by atoms with E-state index >= 15 is 0 Å². The summed E-state index contributed by atoms with van der Waals surface area (Å²) < 4.78 is 45.5. The molecule has 0 bridgehead atoms. The molecule has 0 radical (unpaired) electrons. The second kappa shape index (κ2) is 5.86. The molecule has 2 aromatic rings. The van der Waals surface area contributed by atoms with Gasteiger partial charge in [0.15, 0.2) is 11.5 Å². The number of ether oxygens (including phenoxy) is 1. The van der Waals surface area contributed by atoms with Crippen LogP contribution < -0.4 is 5.32 Å². The van der Waals surface area contributed by atoms with Crippen LogP contribution in [0.5, 0.6) is 0 Å². The molecule has 1 N–H and O–H groups in total. The zero-order valence-corrected chi connectivity index (χ0v) is 12.5. The topological polar surface area (TPSA) is 81.9 Å². The third-order valence-electron chi connectivity index (χ3n) is 2.46. The van der Waals surface area contributed by atoms with E-state index in [0.29, 0.717) is 4.68 Å². The SMILES string of the molecule is CC(C)(C)OC(=O)Nc1cnn(-c2ccncn2)c1C(F)(F)F. The third kappa shape index (κ3) is 4.18. The number of alkyl halides is 3. The van der Waals surface area contributed by atoms with Crippen LogP contribution in [-0.2, 0) is 10.9 Å². The molecule has 124 valence electrons. The number of hydrogen-bond acceptors (Lipinski definition) is 5. The van der Waals surface area contributed by atoms with E-state index in [0.717, 1.165) is 12.5 Å². The number of nitrogens with zero attached hydrogens (tertiary/aromatic N) is 4. The highest BCUT2D eigenvalue weighted by Gasteiger charge is 2.40. The lowest BCUT2D eigenvalue weighted by molar-refractivity contribution is -0.142. The zero-order valence-electron chi connectivity index (χ0n) is 12.5. The second-order valence-electron chi connectivity index (χ2n) is 5.51. The van der Waals surface area contributed by atoms with Gasteiger partial charge in [-0.15, -0.1) is 0 Å². The van der Waals surface area contributed by atoms with Crippen molar-refractivity contribution >= 4 is 11.8 Å². The minimum absolute atomic E-state index is 0.0791. The van der Waals surface area contributed by atoms with Crippen LogP contribution in [0.25, 0.3) is 5.82 Å². The highest BCUT2D eigenvalue weighted by Crippen LogP contribution is 2.36. The second-order valence-corrected chi connectivity index (χ2v) is 5.51. The number of aromatic nitrogens is 4. The summed E-state index contributed by atoms with van der Waals surface area (Å²) in [4.78, 5) is 19.0. The van der Waals surface area contributed by atoms with E-state index in [1.54, 1.807) is 20.8 Å². The lowest BCUT2D eigenvalue weighted by Crippen LogP contribution is -2.28. The number of anilines is 1. The van der Waals surface area contributed by atoms with Crippen molar-refractivity contribution in [3.8, 4) is 5.82 Å². The summed E-state index contributed by atoms with van der Waals surface area (Å²) in [6, 6.07) is 1.26. The molecule has 0 saturated heterocycles. The van der Waals surface area contributed by atoms with Crippen LogP contribution in [0.2, 0.25) is 0 Å². The van der Waals surface area contributed by atoms with Crippen molar-refractivity contribution in [2.45, 2.75) is 32.5 Å². The maximum Gasteiger partial charge on any atom is 0.435 e. The monoisotopic (exact) mass is 329 g/mol. The van der Waals surface area contributed by atoms with Gasteiger partial charge in [-0.05, 0) is 20.8 Å². The Labute approximate surface area is 129 Å². The number of halogens is 3. The average molecular weight is 329 g/mol. The molecule has 2 heterocycles. The number of rotatable bonds is 2.